The van der Waals surface area contributed by atoms with Crippen LogP contribution in [-0.2, 0) is 14.8 Å². The van der Waals surface area contributed by atoms with Crippen molar-refractivity contribution in [3.05, 3.63) is 53.3 Å². The van der Waals surface area contributed by atoms with Crippen LogP contribution < -0.4 is 14.8 Å². The molecule has 0 aromatic heterocycles. The van der Waals surface area contributed by atoms with Gasteiger partial charge in [-0.2, -0.15) is 4.72 Å². The third-order valence-corrected chi connectivity index (χ3v) is 5.10. The van der Waals surface area contributed by atoms with Crippen LogP contribution in [0, 0.1) is 5.82 Å². The summed E-state index contributed by atoms with van der Waals surface area (Å²) in [6.07, 6.45) is 0. The van der Waals surface area contributed by atoms with Crippen LogP contribution in [0.25, 0.3) is 0 Å². The molecule has 9 heteroatoms. The van der Waals surface area contributed by atoms with E-state index in [4.69, 9.17) is 16.3 Å². The largest absolute Gasteiger partial charge is 0.495 e. The Morgan fingerprint density at radius 2 is 1.84 bits per heavy atom. The number of sulfonamides is 1. The highest BCUT2D eigenvalue weighted by molar-refractivity contribution is 7.89. The van der Waals surface area contributed by atoms with Crippen LogP contribution in [0.15, 0.2) is 47.4 Å². The average molecular weight is 387 g/mol. The Hall–Kier alpha value is -2.16. The summed E-state index contributed by atoms with van der Waals surface area (Å²) in [5, 5.41) is 2.63. The van der Waals surface area contributed by atoms with E-state index in [0.29, 0.717) is 11.4 Å². The summed E-state index contributed by atoms with van der Waals surface area (Å²) in [6, 6.07) is 8.02. The van der Waals surface area contributed by atoms with Crippen molar-refractivity contribution in [2.75, 3.05) is 12.4 Å². The van der Waals surface area contributed by atoms with E-state index >= 15 is 0 Å². The fraction of sp³-hybridized carbons (Fsp3) is 0.188. The van der Waals surface area contributed by atoms with Gasteiger partial charge in [0.05, 0.1) is 23.1 Å². The van der Waals surface area contributed by atoms with Gasteiger partial charge in [-0.25, -0.2) is 12.8 Å². The molecule has 134 valence electrons. The lowest BCUT2D eigenvalue weighted by Gasteiger charge is -2.15. The zero-order valence-electron chi connectivity index (χ0n) is 13.4. The molecule has 1 atom stereocenters. The first-order valence-corrected chi connectivity index (χ1v) is 9.01. The fourth-order valence-electron chi connectivity index (χ4n) is 1.95. The first-order valence-electron chi connectivity index (χ1n) is 7.15. The number of hydrogen-bond donors (Lipinski definition) is 2. The maximum Gasteiger partial charge on any atom is 0.242 e. The van der Waals surface area contributed by atoms with E-state index in [9.17, 15) is 17.6 Å². The Kier molecular flexibility index (Phi) is 5.99. The van der Waals surface area contributed by atoms with Crippen molar-refractivity contribution in [2.45, 2.75) is 17.9 Å². The van der Waals surface area contributed by atoms with Crippen LogP contribution in [0.5, 0.6) is 5.75 Å². The van der Waals surface area contributed by atoms with Crippen LogP contribution in [0.4, 0.5) is 10.1 Å². The van der Waals surface area contributed by atoms with Gasteiger partial charge in [-0.1, -0.05) is 11.6 Å². The molecular formula is C16H16ClFN2O4S. The number of amides is 1. The van der Waals surface area contributed by atoms with Crippen LogP contribution in [-0.4, -0.2) is 27.5 Å². The van der Waals surface area contributed by atoms with Crippen molar-refractivity contribution in [3.8, 4) is 5.75 Å². The van der Waals surface area contributed by atoms with Crippen molar-refractivity contribution >= 4 is 33.2 Å². The summed E-state index contributed by atoms with van der Waals surface area (Å²) in [5.74, 6) is -0.694. The van der Waals surface area contributed by atoms with E-state index in [0.717, 1.165) is 0 Å². The maximum absolute atomic E-state index is 12.9. The minimum atomic E-state index is -3.96. The number of carbonyl (C=O) groups is 1. The van der Waals surface area contributed by atoms with Crippen molar-refractivity contribution < 1.29 is 22.3 Å². The van der Waals surface area contributed by atoms with Gasteiger partial charge in [0.25, 0.3) is 0 Å². The highest BCUT2D eigenvalue weighted by Crippen LogP contribution is 2.26. The smallest absolute Gasteiger partial charge is 0.242 e. The molecule has 2 aromatic carbocycles. The maximum atomic E-state index is 12.9. The molecular weight excluding hydrogens is 371 g/mol. The number of methoxy groups -OCH3 is 1. The second-order valence-corrected chi connectivity index (χ2v) is 7.26. The molecule has 0 saturated carbocycles. The summed E-state index contributed by atoms with van der Waals surface area (Å²) in [4.78, 5) is 12.0. The molecule has 1 amide bonds. The van der Waals surface area contributed by atoms with Crippen LogP contribution in [0.2, 0.25) is 5.02 Å². The predicted octanol–water partition coefficient (Wildman–Crippen LogP) is 2.79. The summed E-state index contributed by atoms with van der Waals surface area (Å²) >= 11 is 5.93. The van der Waals surface area contributed by atoms with Gasteiger partial charge in [-0.05, 0) is 49.4 Å². The number of rotatable bonds is 6. The second kappa shape index (κ2) is 7.81. The molecule has 0 aliphatic rings. The molecule has 2 aromatic rings. The topological polar surface area (TPSA) is 84.5 Å². The number of nitrogens with one attached hydrogen (secondary N) is 2. The fourth-order valence-corrected chi connectivity index (χ4v) is 3.50. The van der Waals surface area contributed by atoms with Gasteiger partial charge in [0.2, 0.25) is 15.9 Å². The Balaban J connectivity index is 2.09. The molecule has 0 spiro atoms. The number of ether oxygens (including phenoxy) is 1. The molecule has 0 aliphatic carbocycles. The number of carbonyl (C=O) groups excluding carboxylic acids is 1. The van der Waals surface area contributed by atoms with Gasteiger partial charge in [0, 0.05) is 5.69 Å². The summed E-state index contributed by atoms with van der Waals surface area (Å²) in [5.41, 5.74) is 0.352. The van der Waals surface area contributed by atoms with Gasteiger partial charge in [-0.15, -0.1) is 0 Å². The Bertz CT molecular complexity index is 872. The van der Waals surface area contributed by atoms with Gasteiger partial charge in [0.15, 0.2) is 0 Å². The second-order valence-electron chi connectivity index (χ2n) is 5.14. The SMILES string of the molecule is COc1ccc(S(=O)(=O)N[C@@H](C)C(=O)Nc2ccc(F)cc2)cc1Cl. The highest BCUT2D eigenvalue weighted by Gasteiger charge is 2.23. The monoisotopic (exact) mass is 386 g/mol. The van der Waals surface area contributed by atoms with Crippen molar-refractivity contribution in [2.24, 2.45) is 0 Å². The summed E-state index contributed by atoms with van der Waals surface area (Å²) in [7, 11) is -2.55. The number of anilines is 1. The van der Waals surface area contributed by atoms with E-state index in [1.165, 1.54) is 56.5 Å². The lowest BCUT2D eigenvalue weighted by atomic mass is 10.3. The molecule has 0 fully saturated rings. The predicted molar refractivity (Wildman–Crippen MR) is 92.8 cm³/mol. The zero-order chi connectivity index (χ0) is 18.6. The van der Waals surface area contributed by atoms with Crippen LogP contribution in [0.3, 0.4) is 0 Å². The molecule has 0 heterocycles. The normalized spacial score (nSPS) is 12.5. The van der Waals surface area contributed by atoms with Crippen molar-refractivity contribution in [1.82, 2.24) is 4.72 Å². The summed E-state index contributed by atoms with van der Waals surface area (Å²) < 4.78 is 44.8. The summed E-state index contributed by atoms with van der Waals surface area (Å²) in [6.45, 7) is 1.39. The van der Waals surface area contributed by atoms with Gasteiger partial charge < -0.3 is 10.1 Å². The quantitative estimate of drug-likeness (QED) is 0.799. The number of hydrogen-bond acceptors (Lipinski definition) is 4. The van der Waals surface area contributed by atoms with Gasteiger partial charge >= 0.3 is 0 Å². The van der Waals surface area contributed by atoms with Crippen molar-refractivity contribution in [3.63, 3.8) is 0 Å². The third-order valence-electron chi connectivity index (χ3n) is 3.27. The molecule has 25 heavy (non-hydrogen) atoms. The Morgan fingerprint density at radius 3 is 2.40 bits per heavy atom. The first-order chi connectivity index (χ1) is 11.7. The third kappa shape index (κ3) is 4.91. The minimum absolute atomic E-state index is 0.0975. The van der Waals surface area contributed by atoms with Crippen LogP contribution in [0.1, 0.15) is 6.92 Å². The zero-order valence-corrected chi connectivity index (χ0v) is 15.0. The molecule has 2 rings (SSSR count). The minimum Gasteiger partial charge on any atom is -0.495 e. The van der Waals surface area contributed by atoms with Gasteiger partial charge in [-0.3, -0.25) is 4.79 Å². The molecule has 0 bridgehead atoms. The molecule has 6 nitrogen and oxygen atoms in total. The average Bonchev–Trinajstić information content (AvgIpc) is 2.56. The van der Waals surface area contributed by atoms with E-state index in [1.807, 2.05) is 0 Å². The van der Waals surface area contributed by atoms with E-state index in [1.54, 1.807) is 0 Å². The van der Waals surface area contributed by atoms with E-state index in [2.05, 4.69) is 10.0 Å². The van der Waals surface area contributed by atoms with E-state index in [-0.39, 0.29) is 9.92 Å². The number of halogens is 2. The highest BCUT2D eigenvalue weighted by atomic mass is 35.5. The molecule has 0 aliphatic heterocycles. The molecule has 2 N–H and O–H groups in total. The van der Waals surface area contributed by atoms with Gasteiger partial charge in [0.1, 0.15) is 11.6 Å². The standard InChI is InChI=1S/C16H16ClFN2O4S/c1-10(16(21)19-12-5-3-11(18)4-6-12)20-25(22,23)13-7-8-15(24-2)14(17)9-13/h3-10,20H,1-2H3,(H,19,21)/t10-/m0/s1. The van der Waals surface area contributed by atoms with Crippen molar-refractivity contribution in [1.29, 1.82) is 0 Å². The molecule has 0 unspecified atom stereocenters. The Morgan fingerprint density at radius 1 is 1.20 bits per heavy atom. The lowest BCUT2D eigenvalue weighted by molar-refractivity contribution is -0.117. The Labute approximate surface area is 150 Å². The van der Waals surface area contributed by atoms with E-state index < -0.39 is 27.8 Å². The lowest BCUT2D eigenvalue weighted by Crippen LogP contribution is -2.41. The molecule has 0 radical (unpaired) electrons. The first kappa shape index (κ1) is 19.2. The van der Waals surface area contributed by atoms with Crippen LogP contribution >= 0.6 is 11.6 Å². The number of benzene rings is 2. The molecule has 0 saturated heterocycles.